The monoisotopic (exact) mass is 281 g/mol. The number of rotatable bonds is 8. The van der Waals surface area contributed by atoms with E-state index in [2.05, 4.69) is 37.7 Å². The molecule has 0 fully saturated rings. The number of likely N-dealkylation sites (N-methyl/N-ethyl adjacent to an activating group) is 1. The van der Waals surface area contributed by atoms with Gasteiger partial charge >= 0.3 is 0 Å². The molecule has 1 rings (SSSR count). The van der Waals surface area contributed by atoms with Crippen LogP contribution in [0, 0.1) is 5.82 Å². The lowest BCUT2D eigenvalue weighted by Crippen LogP contribution is -2.44. The summed E-state index contributed by atoms with van der Waals surface area (Å²) in [7, 11) is 4.16. The van der Waals surface area contributed by atoms with Crippen molar-refractivity contribution in [2.45, 2.75) is 32.4 Å². The highest BCUT2D eigenvalue weighted by Crippen LogP contribution is 2.19. The van der Waals surface area contributed by atoms with Crippen molar-refractivity contribution in [3.05, 3.63) is 35.6 Å². The van der Waals surface area contributed by atoms with Crippen molar-refractivity contribution in [3.8, 4) is 0 Å². The molecule has 20 heavy (non-hydrogen) atoms. The predicted molar refractivity (Wildman–Crippen MR) is 83.2 cm³/mol. The quantitative estimate of drug-likeness (QED) is 0.794. The molecule has 0 spiro atoms. The molecule has 2 N–H and O–H groups in total. The molecule has 1 aromatic rings. The van der Waals surface area contributed by atoms with E-state index in [0.29, 0.717) is 0 Å². The van der Waals surface area contributed by atoms with Crippen LogP contribution in [0.3, 0.4) is 0 Å². The van der Waals surface area contributed by atoms with E-state index < -0.39 is 0 Å². The van der Waals surface area contributed by atoms with Gasteiger partial charge in [0.1, 0.15) is 5.82 Å². The normalized spacial score (nSPS) is 14.8. The van der Waals surface area contributed by atoms with E-state index in [4.69, 9.17) is 5.73 Å². The van der Waals surface area contributed by atoms with Crippen LogP contribution in [0.25, 0.3) is 0 Å². The third-order valence-corrected chi connectivity index (χ3v) is 3.70. The molecule has 0 radical (unpaired) electrons. The number of nitrogens with zero attached hydrogens (tertiary/aromatic N) is 2. The van der Waals surface area contributed by atoms with Gasteiger partial charge in [0.2, 0.25) is 0 Å². The standard InChI is InChI=1S/C16H28FN3/c1-5-10-20(12-11-19(3)4)13(2)16(18)14-6-8-15(17)9-7-14/h6-9,13,16H,5,10-12,18H2,1-4H3. The van der Waals surface area contributed by atoms with Crippen LogP contribution in [0.5, 0.6) is 0 Å². The fraction of sp³-hybridized carbons (Fsp3) is 0.625. The lowest BCUT2D eigenvalue weighted by atomic mass is 10.00. The first-order chi connectivity index (χ1) is 9.45. The minimum Gasteiger partial charge on any atom is -0.323 e. The molecule has 2 atom stereocenters. The highest BCUT2D eigenvalue weighted by Gasteiger charge is 2.21. The third-order valence-electron chi connectivity index (χ3n) is 3.70. The number of hydrogen-bond donors (Lipinski definition) is 1. The van der Waals surface area contributed by atoms with Gasteiger partial charge in [0.25, 0.3) is 0 Å². The Hall–Kier alpha value is -0.970. The largest absolute Gasteiger partial charge is 0.323 e. The van der Waals surface area contributed by atoms with Crippen LogP contribution in [-0.2, 0) is 0 Å². The summed E-state index contributed by atoms with van der Waals surface area (Å²) in [5.74, 6) is -0.216. The summed E-state index contributed by atoms with van der Waals surface area (Å²) in [4.78, 5) is 4.59. The van der Waals surface area contributed by atoms with Crippen LogP contribution < -0.4 is 5.73 Å². The molecule has 0 amide bonds. The summed E-state index contributed by atoms with van der Waals surface area (Å²) >= 11 is 0. The first-order valence-electron chi connectivity index (χ1n) is 7.35. The Balaban J connectivity index is 2.71. The van der Waals surface area contributed by atoms with Crippen LogP contribution in [0.4, 0.5) is 4.39 Å². The molecule has 0 aromatic heterocycles. The number of halogens is 1. The van der Waals surface area contributed by atoms with Crippen molar-refractivity contribution in [1.82, 2.24) is 9.80 Å². The molecule has 0 aliphatic heterocycles. The second kappa shape index (κ2) is 8.35. The maximum atomic E-state index is 13.0. The molecule has 0 saturated carbocycles. The number of benzene rings is 1. The van der Waals surface area contributed by atoms with Crippen LogP contribution in [0.15, 0.2) is 24.3 Å². The molecule has 0 saturated heterocycles. The van der Waals surface area contributed by atoms with Gasteiger partial charge in [-0.05, 0) is 51.7 Å². The Morgan fingerprint density at radius 3 is 2.20 bits per heavy atom. The van der Waals surface area contributed by atoms with Crippen molar-refractivity contribution in [1.29, 1.82) is 0 Å². The minimum absolute atomic E-state index is 0.0932. The van der Waals surface area contributed by atoms with E-state index in [-0.39, 0.29) is 17.9 Å². The summed E-state index contributed by atoms with van der Waals surface area (Å²) in [6.45, 7) is 7.37. The molecule has 1 aromatic carbocycles. The van der Waals surface area contributed by atoms with Gasteiger partial charge in [-0.25, -0.2) is 4.39 Å². The maximum Gasteiger partial charge on any atom is 0.123 e. The highest BCUT2D eigenvalue weighted by molar-refractivity contribution is 5.20. The Morgan fingerprint density at radius 1 is 1.10 bits per heavy atom. The van der Waals surface area contributed by atoms with Crippen molar-refractivity contribution >= 4 is 0 Å². The first-order valence-corrected chi connectivity index (χ1v) is 7.35. The SMILES string of the molecule is CCCN(CCN(C)C)C(C)C(N)c1ccc(F)cc1. The van der Waals surface area contributed by atoms with Crippen molar-refractivity contribution < 1.29 is 4.39 Å². The molecule has 0 bridgehead atoms. The van der Waals surface area contributed by atoms with E-state index in [1.54, 1.807) is 12.1 Å². The molecular formula is C16H28FN3. The van der Waals surface area contributed by atoms with E-state index in [0.717, 1.165) is 31.6 Å². The number of nitrogens with two attached hydrogens (primary N) is 1. The summed E-state index contributed by atoms with van der Waals surface area (Å²) in [6, 6.07) is 6.67. The molecule has 4 heteroatoms. The van der Waals surface area contributed by atoms with Gasteiger partial charge in [-0.15, -0.1) is 0 Å². The topological polar surface area (TPSA) is 32.5 Å². The van der Waals surface area contributed by atoms with Gasteiger partial charge in [0.05, 0.1) is 0 Å². The van der Waals surface area contributed by atoms with Gasteiger partial charge in [-0.2, -0.15) is 0 Å². The Morgan fingerprint density at radius 2 is 1.70 bits per heavy atom. The van der Waals surface area contributed by atoms with Crippen LogP contribution >= 0.6 is 0 Å². The molecule has 0 aliphatic rings. The van der Waals surface area contributed by atoms with Crippen molar-refractivity contribution in [3.63, 3.8) is 0 Å². The van der Waals surface area contributed by atoms with E-state index >= 15 is 0 Å². The first kappa shape index (κ1) is 17.1. The van der Waals surface area contributed by atoms with E-state index in [1.165, 1.54) is 12.1 Å². The minimum atomic E-state index is -0.216. The predicted octanol–water partition coefficient (Wildman–Crippen LogP) is 2.49. The fourth-order valence-corrected chi connectivity index (χ4v) is 2.33. The zero-order chi connectivity index (χ0) is 15.1. The fourth-order valence-electron chi connectivity index (χ4n) is 2.33. The summed E-state index contributed by atoms with van der Waals surface area (Å²) < 4.78 is 13.0. The third kappa shape index (κ3) is 5.19. The van der Waals surface area contributed by atoms with E-state index in [1.807, 2.05) is 0 Å². The average molecular weight is 281 g/mol. The molecular weight excluding hydrogens is 253 g/mol. The van der Waals surface area contributed by atoms with Gasteiger partial charge in [0.15, 0.2) is 0 Å². The van der Waals surface area contributed by atoms with Gasteiger partial charge in [0, 0.05) is 25.2 Å². The Bertz CT molecular complexity index is 378. The smallest absolute Gasteiger partial charge is 0.123 e. The van der Waals surface area contributed by atoms with Crippen LogP contribution in [0.2, 0.25) is 0 Å². The molecule has 0 heterocycles. The Kier molecular flexibility index (Phi) is 7.13. The van der Waals surface area contributed by atoms with E-state index in [9.17, 15) is 4.39 Å². The Labute approximate surface area is 122 Å². The number of hydrogen-bond acceptors (Lipinski definition) is 3. The molecule has 0 aliphatic carbocycles. The van der Waals surface area contributed by atoms with Crippen molar-refractivity contribution in [2.75, 3.05) is 33.7 Å². The van der Waals surface area contributed by atoms with Gasteiger partial charge in [-0.1, -0.05) is 19.1 Å². The second-order valence-electron chi connectivity index (χ2n) is 5.66. The molecule has 2 unspecified atom stereocenters. The van der Waals surface area contributed by atoms with Crippen molar-refractivity contribution in [2.24, 2.45) is 5.73 Å². The lowest BCUT2D eigenvalue weighted by Gasteiger charge is -2.33. The second-order valence-corrected chi connectivity index (χ2v) is 5.66. The van der Waals surface area contributed by atoms with Crippen LogP contribution in [-0.4, -0.2) is 49.6 Å². The van der Waals surface area contributed by atoms with Crippen LogP contribution in [0.1, 0.15) is 31.9 Å². The summed E-state index contributed by atoms with van der Waals surface area (Å²) in [5, 5.41) is 0. The zero-order valence-corrected chi connectivity index (χ0v) is 13.1. The zero-order valence-electron chi connectivity index (χ0n) is 13.1. The lowest BCUT2D eigenvalue weighted by molar-refractivity contribution is 0.168. The molecule has 114 valence electrons. The highest BCUT2D eigenvalue weighted by atomic mass is 19.1. The average Bonchev–Trinajstić information content (AvgIpc) is 2.42. The molecule has 3 nitrogen and oxygen atoms in total. The maximum absolute atomic E-state index is 13.0. The van der Waals surface area contributed by atoms with Gasteiger partial charge < -0.3 is 10.6 Å². The summed E-state index contributed by atoms with van der Waals surface area (Å²) in [5.41, 5.74) is 7.34. The van der Waals surface area contributed by atoms with Gasteiger partial charge in [-0.3, -0.25) is 4.90 Å². The summed E-state index contributed by atoms with van der Waals surface area (Å²) in [6.07, 6.45) is 1.11.